The van der Waals surface area contributed by atoms with Crippen LogP contribution in [0.3, 0.4) is 0 Å². The second kappa shape index (κ2) is 3.68. The highest BCUT2D eigenvalue weighted by Gasteiger charge is 2.11. The number of carbonyl (C=O) groups is 1. The zero-order chi connectivity index (χ0) is 9.14. The quantitative estimate of drug-likeness (QED) is 0.616. The number of allylic oxidation sites excluding steroid dienone is 6. The Morgan fingerprint density at radius 2 is 2.25 bits per heavy atom. The van der Waals surface area contributed by atoms with Gasteiger partial charge in [-0.3, -0.25) is 4.79 Å². The Morgan fingerprint density at radius 1 is 1.58 bits per heavy atom. The van der Waals surface area contributed by atoms with Crippen molar-refractivity contribution in [2.45, 2.75) is 13.3 Å². The molecule has 0 aliphatic heterocycles. The Hall–Kier alpha value is -0.890. The van der Waals surface area contributed by atoms with E-state index in [2.05, 4.69) is 0 Å². The normalized spacial score (nSPS) is 17.4. The first-order valence-electron chi connectivity index (χ1n) is 3.54. The molecular formula is C9H8ClFO. The molecule has 0 heterocycles. The van der Waals surface area contributed by atoms with Gasteiger partial charge < -0.3 is 0 Å². The van der Waals surface area contributed by atoms with E-state index < -0.39 is 5.83 Å². The molecule has 0 bridgehead atoms. The highest BCUT2D eigenvalue weighted by Crippen LogP contribution is 2.21. The van der Waals surface area contributed by atoms with Crippen LogP contribution in [0.1, 0.15) is 13.3 Å². The smallest absolute Gasteiger partial charge is 0.162 e. The summed E-state index contributed by atoms with van der Waals surface area (Å²) in [4.78, 5) is 10.9. The van der Waals surface area contributed by atoms with Crippen molar-refractivity contribution in [3.63, 3.8) is 0 Å². The van der Waals surface area contributed by atoms with Crippen LogP contribution < -0.4 is 0 Å². The molecule has 0 aromatic heterocycles. The molecule has 0 aromatic rings. The molecule has 0 saturated heterocycles. The predicted molar refractivity (Wildman–Crippen MR) is 46.5 cm³/mol. The van der Waals surface area contributed by atoms with E-state index in [1.807, 2.05) is 0 Å². The second-order valence-electron chi connectivity index (χ2n) is 2.51. The Bertz CT molecular complexity index is 300. The maximum Gasteiger partial charge on any atom is 0.162 e. The molecule has 64 valence electrons. The lowest BCUT2D eigenvalue weighted by atomic mass is 10.1. The zero-order valence-corrected chi connectivity index (χ0v) is 7.36. The van der Waals surface area contributed by atoms with Gasteiger partial charge in [0, 0.05) is 17.0 Å². The zero-order valence-electron chi connectivity index (χ0n) is 6.60. The highest BCUT2D eigenvalue weighted by atomic mass is 35.5. The molecule has 0 N–H and O–H groups in total. The molecule has 0 fully saturated rings. The first-order valence-corrected chi connectivity index (χ1v) is 3.92. The van der Waals surface area contributed by atoms with Crippen molar-refractivity contribution < 1.29 is 9.18 Å². The summed E-state index contributed by atoms with van der Waals surface area (Å²) in [5.41, 5.74) is 0.113. The minimum Gasteiger partial charge on any atom is -0.294 e. The lowest BCUT2D eigenvalue weighted by molar-refractivity contribution is -0.113. The molecule has 0 aromatic carbocycles. The van der Waals surface area contributed by atoms with Gasteiger partial charge in [0.2, 0.25) is 0 Å². The Morgan fingerprint density at radius 3 is 2.83 bits per heavy atom. The van der Waals surface area contributed by atoms with Gasteiger partial charge >= 0.3 is 0 Å². The van der Waals surface area contributed by atoms with Crippen LogP contribution in [-0.2, 0) is 4.79 Å². The average Bonchev–Trinajstić information content (AvgIpc) is 2.14. The summed E-state index contributed by atoms with van der Waals surface area (Å²) in [6.45, 7) is 1.33. The molecule has 0 atom stereocenters. The third-order valence-electron chi connectivity index (χ3n) is 1.55. The average molecular weight is 187 g/mol. The van der Waals surface area contributed by atoms with E-state index in [1.165, 1.54) is 25.2 Å². The summed E-state index contributed by atoms with van der Waals surface area (Å²) >= 11 is 5.65. The van der Waals surface area contributed by atoms with E-state index in [4.69, 9.17) is 11.6 Å². The molecule has 1 nitrogen and oxygen atoms in total. The van der Waals surface area contributed by atoms with Gasteiger partial charge in [0.25, 0.3) is 0 Å². The van der Waals surface area contributed by atoms with E-state index in [0.717, 1.165) is 0 Å². The Labute approximate surface area is 75.2 Å². The van der Waals surface area contributed by atoms with Gasteiger partial charge in [0.1, 0.15) is 5.83 Å². The molecule has 1 rings (SSSR count). The van der Waals surface area contributed by atoms with E-state index in [1.54, 1.807) is 0 Å². The minimum atomic E-state index is -0.516. The van der Waals surface area contributed by atoms with Crippen LogP contribution in [0.2, 0.25) is 0 Å². The first-order chi connectivity index (χ1) is 5.61. The summed E-state index contributed by atoms with van der Waals surface area (Å²) in [5, 5.41) is 0.529. The first kappa shape index (κ1) is 9.20. The fourth-order valence-corrected chi connectivity index (χ4v) is 1.07. The number of halogens is 2. The van der Waals surface area contributed by atoms with Crippen molar-refractivity contribution in [1.29, 1.82) is 0 Å². The minimum absolute atomic E-state index is 0.113. The van der Waals surface area contributed by atoms with Crippen molar-refractivity contribution in [1.82, 2.24) is 0 Å². The van der Waals surface area contributed by atoms with Crippen LogP contribution in [0.15, 0.2) is 34.7 Å². The SMILES string of the molecule is CC(=O)C1=CCC(Cl)=CC=C1F. The van der Waals surface area contributed by atoms with Gasteiger partial charge in [0.15, 0.2) is 5.78 Å². The number of hydrogen-bond donors (Lipinski definition) is 0. The van der Waals surface area contributed by atoms with E-state index in [9.17, 15) is 9.18 Å². The van der Waals surface area contributed by atoms with Crippen LogP contribution in [0.5, 0.6) is 0 Å². The van der Waals surface area contributed by atoms with Crippen molar-refractivity contribution in [2.24, 2.45) is 0 Å². The monoisotopic (exact) mass is 186 g/mol. The summed E-state index contributed by atoms with van der Waals surface area (Å²) in [6, 6.07) is 0. The van der Waals surface area contributed by atoms with Crippen molar-refractivity contribution in [2.75, 3.05) is 0 Å². The van der Waals surface area contributed by atoms with Crippen molar-refractivity contribution in [3.8, 4) is 0 Å². The molecule has 0 unspecified atom stereocenters. The third-order valence-corrected chi connectivity index (χ3v) is 1.83. The topological polar surface area (TPSA) is 17.1 Å². The molecule has 0 saturated carbocycles. The van der Waals surface area contributed by atoms with Crippen molar-refractivity contribution >= 4 is 17.4 Å². The summed E-state index contributed by atoms with van der Waals surface area (Å²) in [5.74, 6) is -0.790. The fraction of sp³-hybridized carbons (Fsp3) is 0.222. The fourth-order valence-electron chi connectivity index (χ4n) is 0.930. The maximum atomic E-state index is 13.0. The molecule has 0 spiro atoms. The van der Waals surface area contributed by atoms with Gasteiger partial charge in [-0.2, -0.15) is 0 Å². The summed E-state index contributed by atoms with van der Waals surface area (Å²) in [7, 11) is 0. The number of hydrogen-bond acceptors (Lipinski definition) is 1. The van der Waals surface area contributed by atoms with Gasteiger partial charge in [-0.1, -0.05) is 17.7 Å². The molecular weight excluding hydrogens is 179 g/mol. The largest absolute Gasteiger partial charge is 0.294 e. The van der Waals surface area contributed by atoms with Crippen LogP contribution in [-0.4, -0.2) is 5.78 Å². The standard InChI is InChI=1S/C9H8ClFO/c1-6(12)8-4-2-7(10)3-5-9(8)11/h3-5H,2H2,1H3. The highest BCUT2D eigenvalue weighted by molar-refractivity contribution is 6.29. The van der Waals surface area contributed by atoms with Gasteiger partial charge in [-0.25, -0.2) is 4.39 Å². The van der Waals surface area contributed by atoms with E-state index in [0.29, 0.717) is 11.5 Å². The van der Waals surface area contributed by atoms with E-state index >= 15 is 0 Å². The van der Waals surface area contributed by atoms with Crippen LogP contribution in [0, 0.1) is 0 Å². The predicted octanol–water partition coefficient (Wildman–Crippen LogP) is 2.88. The van der Waals surface area contributed by atoms with E-state index in [-0.39, 0.29) is 11.4 Å². The van der Waals surface area contributed by atoms with Crippen LogP contribution in [0.4, 0.5) is 4.39 Å². The lowest BCUT2D eigenvalue weighted by Gasteiger charge is -1.96. The van der Waals surface area contributed by atoms with Gasteiger partial charge in [0.05, 0.1) is 0 Å². The Kier molecular flexibility index (Phi) is 2.82. The molecule has 1 aliphatic rings. The maximum absolute atomic E-state index is 13.0. The molecule has 3 heteroatoms. The molecule has 12 heavy (non-hydrogen) atoms. The number of Topliss-reactive ketones (excluding diaryl/α,β-unsaturated/α-hetero) is 1. The Balaban J connectivity index is 3.00. The van der Waals surface area contributed by atoms with Gasteiger partial charge in [-0.15, -0.1) is 0 Å². The third kappa shape index (κ3) is 2.05. The van der Waals surface area contributed by atoms with Crippen molar-refractivity contribution in [3.05, 3.63) is 34.7 Å². The lowest BCUT2D eigenvalue weighted by Crippen LogP contribution is -1.96. The summed E-state index contributed by atoms with van der Waals surface area (Å²) in [6.07, 6.45) is 4.59. The summed E-state index contributed by atoms with van der Waals surface area (Å²) < 4.78 is 13.0. The molecule has 1 aliphatic carbocycles. The molecule has 0 amide bonds. The molecule has 0 radical (unpaired) electrons. The number of ketones is 1. The van der Waals surface area contributed by atoms with Crippen LogP contribution in [0.25, 0.3) is 0 Å². The number of rotatable bonds is 1. The number of carbonyl (C=O) groups excluding carboxylic acids is 1. The van der Waals surface area contributed by atoms with Crippen LogP contribution >= 0.6 is 11.6 Å². The second-order valence-corrected chi connectivity index (χ2v) is 2.99. The van der Waals surface area contributed by atoms with Gasteiger partial charge in [-0.05, 0) is 19.1 Å².